The second kappa shape index (κ2) is 6.42. The SMILES string of the molecule is Cc1ccc(C#N)c(F)c1C(=O)Nc1ccc2[nH]nc(-c3ccoc3)c2c1. The van der Waals surface area contributed by atoms with Gasteiger partial charge in [0, 0.05) is 16.6 Å². The van der Waals surface area contributed by atoms with E-state index in [0.29, 0.717) is 16.9 Å². The van der Waals surface area contributed by atoms with Crippen LogP contribution < -0.4 is 5.32 Å². The monoisotopic (exact) mass is 360 g/mol. The Morgan fingerprint density at radius 3 is 2.89 bits per heavy atom. The quantitative estimate of drug-likeness (QED) is 0.566. The number of carbonyl (C=O) groups is 1. The fourth-order valence-electron chi connectivity index (χ4n) is 2.94. The van der Waals surface area contributed by atoms with Gasteiger partial charge >= 0.3 is 0 Å². The summed E-state index contributed by atoms with van der Waals surface area (Å²) < 4.78 is 19.5. The Labute approximate surface area is 153 Å². The predicted octanol–water partition coefficient (Wildman–Crippen LogP) is 4.39. The Kier molecular flexibility index (Phi) is 3.94. The first-order chi connectivity index (χ1) is 13.1. The minimum Gasteiger partial charge on any atom is -0.472 e. The number of rotatable bonds is 3. The van der Waals surface area contributed by atoms with E-state index in [0.717, 1.165) is 16.5 Å². The number of nitriles is 1. The van der Waals surface area contributed by atoms with E-state index in [4.69, 9.17) is 9.68 Å². The Morgan fingerprint density at radius 1 is 1.30 bits per heavy atom. The highest BCUT2D eigenvalue weighted by atomic mass is 19.1. The van der Waals surface area contributed by atoms with Crippen LogP contribution in [-0.4, -0.2) is 16.1 Å². The van der Waals surface area contributed by atoms with Crippen molar-refractivity contribution in [3.05, 3.63) is 71.4 Å². The summed E-state index contributed by atoms with van der Waals surface area (Å²) in [6.45, 7) is 1.62. The van der Waals surface area contributed by atoms with E-state index in [1.807, 2.05) is 0 Å². The average Bonchev–Trinajstić information content (AvgIpc) is 3.31. The second-order valence-electron chi connectivity index (χ2n) is 6.03. The summed E-state index contributed by atoms with van der Waals surface area (Å²) in [4.78, 5) is 12.6. The topological polar surface area (TPSA) is 94.7 Å². The number of H-pyrrole nitrogens is 1. The molecular weight excluding hydrogens is 347 g/mol. The first-order valence-electron chi connectivity index (χ1n) is 8.09. The van der Waals surface area contributed by atoms with E-state index in [1.54, 1.807) is 55.9 Å². The van der Waals surface area contributed by atoms with Crippen molar-refractivity contribution in [2.24, 2.45) is 0 Å². The fraction of sp³-hybridized carbons (Fsp3) is 0.0500. The Morgan fingerprint density at radius 2 is 2.15 bits per heavy atom. The van der Waals surface area contributed by atoms with Crippen LogP contribution in [0.4, 0.5) is 10.1 Å². The van der Waals surface area contributed by atoms with E-state index in [9.17, 15) is 9.18 Å². The molecular formula is C20H13FN4O2. The lowest BCUT2D eigenvalue weighted by atomic mass is 10.0. The summed E-state index contributed by atoms with van der Waals surface area (Å²) in [5.74, 6) is -1.44. The van der Waals surface area contributed by atoms with Crippen LogP contribution in [0.3, 0.4) is 0 Å². The third kappa shape index (κ3) is 2.83. The molecule has 2 aromatic carbocycles. The third-order valence-corrected chi connectivity index (χ3v) is 4.31. The molecule has 0 unspecified atom stereocenters. The van der Waals surface area contributed by atoms with Gasteiger partial charge in [-0.3, -0.25) is 9.89 Å². The second-order valence-corrected chi connectivity index (χ2v) is 6.03. The van der Waals surface area contributed by atoms with Crippen LogP contribution in [0, 0.1) is 24.1 Å². The zero-order valence-corrected chi connectivity index (χ0v) is 14.2. The first-order valence-corrected chi connectivity index (χ1v) is 8.09. The van der Waals surface area contributed by atoms with Crippen LogP contribution in [0.15, 0.2) is 53.3 Å². The summed E-state index contributed by atoms with van der Waals surface area (Å²) in [5, 5.41) is 19.7. The maximum Gasteiger partial charge on any atom is 0.258 e. The Hall–Kier alpha value is -3.92. The van der Waals surface area contributed by atoms with Gasteiger partial charge in [-0.2, -0.15) is 10.4 Å². The van der Waals surface area contributed by atoms with Gasteiger partial charge in [0.2, 0.25) is 0 Å². The highest BCUT2D eigenvalue weighted by Crippen LogP contribution is 2.29. The van der Waals surface area contributed by atoms with Crippen molar-refractivity contribution in [1.82, 2.24) is 10.2 Å². The van der Waals surface area contributed by atoms with Gasteiger partial charge < -0.3 is 9.73 Å². The number of benzene rings is 2. The van der Waals surface area contributed by atoms with Crippen molar-refractivity contribution in [1.29, 1.82) is 5.26 Å². The summed E-state index contributed by atoms with van der Waals surface area (Å²) in [5.41, 5.74) is 2.90. The number of anilines is 1. The van der Waals surface area contributed by atoms with Gasteiger partial charge in [-0.05, 0) is 42.8 Å². The van der Waals surface area contributed by atoms with Gasteiger partial charge in [0.1, 0.15) is 11.8 Å². The van der Waals surface area contributed by atoms with Gasteiger partial charge in [0.15, 0.2) is 5.82 Å². The van der Waals surface area contributed by atoms with Gasteiger partial charge in [0.25, 0.3) is 5.91 Å². The molecule has 0 aliphatic rings. The maximum absolute atomic E-state index is 14.4. The summed E-state index contributed by atoms with van der Waals surface area (Å²) in [7, 11) is 0. The normalized spacial score (nSPS) is 10.7. The van der Waals surface area contributed by atoms with Gasteiger partial charge in [-0.1, -0.05) is 6.07 Å². The highest BCUT2D eigenvalue weighted by Gasteiger charge is 2.19. The van der Waals surface area contributed by atoms with Crippen LogP contribution in [0.1, 0.15) is 21.5 Å². The molecule has 1 amide bonds. The molecule has 4 rings (SSSR count). The maximum atomic E-state index is 14.4. The number of aromatic amines is 1. The Balaban J connectivity index is 1.71. The molecule has 0 fully saturated rings. The fourth-order valence-corrected chi connectivity index (χ4v) is 2.94. The van der Waals surface area contributed by atoms with Gasteiger partial charge in [0.05, 0.1) is 29.2 Å². The molecule has 2 N–H and O–H groups in total. The van der Waals surface area contributed by atoms with E-state index < -0.39 is 11.7 Å². The number of halogens is 1. The molecule has 0 saturated heterocycles. The number of carbonyl (C=O) groups excluding carboxylic acids is 1. The van der Waals surface area contributed by atoms with Gasteiger partial charge in [-0.25, -0.2) is 4.39 Å². The highest BCUT2D eigenvalue weighted by molar-refractivity contribution is 6.07. The summed E-state index contributed by atoms with van der Waals surface area (Å²) in [6.07, 6.45) is 3.13. The Bertz CT molecular complexity index is 1200. The van der Waals surface area contributed by atoms with Crippen LogP contribution in [0.5, 0.6) is 0 Å². The van der Waals surface area contributed by atoms with Crippen LogP contribution in [0.25, 0.3) is 22.2 Å². The molecule has 0 atom stereocenters. The molecule has 0 saturated carbocycles. The lowest BCUT2D eigenvalue weighted by Gasteiger charge is -2.10. The van der Waals surface area contributed by atoms with E-state index in [1.165, 1.54) is 6.07 Å². The van der Waals surface area contributed by atoms with Crippen molar-refractivity contribution in [2.45, 2.75) is 6.92 Å². The molecule has 2 heterocycles. The van der Waals surface area contributed by atoms with Crippen molar-refractivity contribution >= 4 is 22.5 Å². The van der Waals surface area contributed by atoms with E-state index >= 15 is 0 Å². The number of nitrogens with one attached hydrogen (secondary N) is 2. The smallest absolute Gasteiger partial charge is 0.258 e. The van der Waals surface area contributed by atoms with E-state index in [-0.39, 0.29) is 11.1 Å². The number of aryl methyl sites for hydroxylation is 1. The molecule has 7 heteroatoms. The molecule has 2 aromatic heterocycles. The molecule has 0 aliphatic heterocycles. The van der Waals surface area contributed by atoms with Gasteiger partial charge in [-0.15, -0.1) is 0 Å². The number of amides is 1. The van der Waals surface area contributed by atoms with Crippen molar-refractivity contribution in [3.63, 3.8) is 0 Å². The number of hydrogen-bond acceptors (Lipinski definition) is 4. The molecule has 0 spiro atoms. The predicted molar refractivity (Wildman–Crippen MR) is 97.6 cm³/mol. The third-order valence-electron chi connectivity index (χ3n) is 4.31. The molecule has 0 aliphatic carbocycles. The first kappa shape index (κ1) is 16.5. The molecule has 6 nitrogen and oxygen atoms in total. The lowest BCUT2D eigenvalue weighted by molar-refractivity contribution is 0.102. The number of aromatic nitrogens is 2. The summed E-state index contributed by atoms with van der Waals surface area (Å²) in [6, 6.07) is 11.7. The minimum absolute atomic E-state index is 0.142. The zero-order chi connectivity index (χ0) is 19.0. The number of nitrogens with zero attached hydrogens (tertiary/aromatic N) is 2. The standard InChI is InChI=1S/C20H13FN4O2/c1-11-2-3-12(9-22)18(21)17(11)20(26)23-14-4-5-16-15(8-14)19(25-24-16)13-6-7-27-10-13/h2-8,10H,1H3,(H,23,26)(H,24,25). The summed E-state index contributed by atoms with van der Waals surface area (Å²) >= 11 is 0. The largest absolute Gasteiger partial charge is 0.472 e. The molecule has 4 aromatic rings. The number of hydrogen-bond donors (Lipinski definition) is 2. The lowest BCUT2D eigenvalue weighted by Crippen LogP contribution is -2.16. The molecule has 27 heavy (non-hydrogen) atoms. The van der Waals surface area contributed by atoms with Crippen molar-refractivity contribution < 1.29 is 13.6 Å². The minimum atomic E-state index is -0.821. The average molecular weight is 360 g/mol. The van der Waals surface area contributed by atoms with Crippen LogP contribution >= 0.6 is 0 Å². The van der Waals surface area contributed by atoms with Crippen molar-refractivity contribution in [2.75, 3.05) is 5.32 Å². The molecule has 132 valence electrons. The van der Waals surface area contributed by atoms with E-state index in [2.05, 4.69) is 15.5 Å². The zero-order valence-electron chi connectivity index (χ0n) is 14.2. The molecule has 0 bridgehead atoms. The molecule has 0 radical (unpaired) electrons. The number of fused-ring (bicyclic) bond motifs is 1. The number of furan rings is 1. The van der Waals surface area contributed by atoms with Crippen LogP contribution in [0.2, 0.25) is 0 Å². The van der Waals surface area contributed by atoms with Crippen LogP contribution in [-0.2, 0) is 0 Å². The van der Waals surface area contributed by atoms with Crippen molar-refractivity contribution in [3.8, 4) is 17.3 Å².